The zero-order valence-corrected chi connectivity index (χ0v) is 14.5. The van der Waals surface area contributed by atoms with Crippen LogP contribution in [0.2, 0.25) is 0 Å². The summed E-state index contributed by atoms with van der Waals surface area (Å²) in [4.78, 5) is 13.4. The van der Waals surface area contributed by atoms with Crippen LogP contribution in [-0.2, 0) is 6.54 Å². The molecule has 1 heterocycles. The summed E-state index contributed by atoms with van der Waals surface area (Å²) >= 11 is 0. The highest BCUT2D eigenvalue weighted by Crippen LogP contribution is 2.26. The van der Waals surface area contributed by atoms with E-state index in [2.05, 4.69) is 0 Å². The molecule has 2 nitrogen and oxygen atoms in total. The number of nitrogens with zero attached hydrogens (tertiary/aromatic N) is 1. The van der Waals surface area contributed by atoms with Crippen LogP contribution in [0, 0.1) is 0 Å². The molecule has 0 fully saturated rings. The van der Waals surface area contributed by atoms with E-state index in [1.54, 1.807) is 0 Å². The topological polar surface area (TPSA) is 22.0 Å². The van der Waals surface area contributed by atoms with Gasteiger partial charge in [-0.25, -0.2) is 0 Å². The normalized spacial score (nSPS) is 11.3. The fraction of sp³-hybridized carbons (Fsp3) is 0.174. The fourth-order valence-corrected chi connectivity index (χ4v) is 3.57. The number of benzene rings is 3. The molecule has 0 saturated heterocycles. The number of fused-ring (bicyclic) bond motifs is 2. The summed E-state index contributed by atoms with van der Waals surface area (Å²) in [6.45, 7) is 0.315. The van der Waals surface area contributed by atoms with Crippen molar-refractivity contribution in [3.63, 3.8) is 0 Å². The standard InChI is InChI=1S/C23H20FNO/c24-14-5-6-15-25-21-13-4-2-9-18(21)16-22(25)23(26)20-12-7-10-17-8-1-3-11-19(17)20/h1-4,7-13,16H,5-6,14-15H2. The van der Waals surface area contributed by atoms with E-state index in [4.69, 9.17) is 0 Å². The highest BCUT2D eigenvalue weighted by molar-refractivity contribution is 6.17. The first-order chi connectivity index (χ1) is 12.8. The van der Waals surface area contributed by atoms with Gasteiger partial charge in [-0.2, -0.15) is 0 Å². The molecule has 3 aromatic carbocycles. The Morgan fingerprint density at radius 3 is 2.42 bits per heavy atom. The summed E-state index contributed by atoms with van der Waals surface area (Å²) in [5, 5.41) is 3.05. The number of unbranched alkanes of at least 4 members (excludes halogenated alkanes) is 1. The number of alkyl halides is 1. The van der Waals surface area contributed by atoms with E-state index < -0.39 is 0 Å². The van der Waals surface area contributed by atoms with Gasteiger partial charge < -0.3 is 4.57 Å². The number of rotatable bonds is 6. The van der Waals surface area contributed by atoms with Gasteiger partial charge in [0.1, 0.15) is 0 Å². The van der Waals surface area contributed by atoms with Crippen LogP contribution in [0.1, 0.15) is 28.9 Å². The smallest absolute Gasteiger partial charge is 0.210 e. The van der Waals surface area contributed by atoms with Crippen molar-refractivity contribution in [2.45, 2.75) is 19.4 Å². The molecule has 0 aliphatic rings. The summed E-state index contributed by atoms with van der Waals surface area (Å²) in [6.07, 6.45) is 1.22. The average molecular weight is 345 g/mol. The third-order valence-corrected chi connectivity index (χ3v) is 4.84. The quantitative estimate of drug-likeness (QED) is 0.321. The van der Waals surface area contributed by atoms with Crippen molar-refractivity contribution >= 4 is 27.5 Å². The summed E-state index contributed by atoms with van der Waals surface area (Å²) in [5.41, 5.74) is 2.40. The van der Waals surface area contributed by atoms with Gasteiger partial charge in [0.25, 0.3) is 0 Å². The number of carbonyl (C=O) groups excluding carboxylic acids is 1. The molecule has 0 aliphatic heterocycles. The van der Waals surface area contributed by atoms with Crippen LogP contribution < -0.4 is 0 Å². The number of para-hydroxylation sites is 1. The van der Waals surface area contributed by atoms with Gasteiger partial charge in [0, 0.05) is 23.0 Å². The predicted molar refractivity (Wildman–Crippen MR) is 105 cm³/mol. The third-order valence-electron chi connectivity index (χ3n) is 4.84. The van der Waals surface area contributed by atoms with Crippen LogP contribution in [0.3, 0.4) is 0 Å². The largest absolute Gasteiger partial charge is 0.338 e. The Bertz CT molecular complexity index is 1070. The molecule has 0 amide bonds. The highest BCUT2D eigenvalue weighted by atomic mass is 19.1. The number of hydrogen-bond donors (Lipinski definition) is 0. The van der Waals surface area contributed by atoms with Gasteiger partial charge in [0.15, 0.2) is 0 Å². The first-order valence-corrected chi connectivity index (χ1v) is 8.96. The Morgan fingerprint density at radius 2 is 1.58 bits per heavy atom. The lowest BCUT2D eigenvalue weighted by Crippen LogP contribution is -2.11. The molecule has 130 valence electrons. The molecule has 0 radical (unpaired) electrons. The van der Waals surface area contributed by atoms with Gasteiger partial charge in [-0.3, -0.25) is 9.18 Å². The zero-order chi connectivity index (χ0) is 17.9. The van der Waals surface area contributed by atoms with Gasteiger partial charge >= 0.3 is 0 Å². The van der Waals surface area contributed by atoms with Gasteiger partial charge in [0.05, 0.1) is 12.4 Å². The van der Waals surface area contributed by atoms with Crippen LogP contribution in [0.5, 0.6) is 0 Å². The Kier molecular flexibility index (Phi) is 4.53. The van der Waals surface area contributed by atoms with Crippen molar-refractivity contribution in [1.29, 1.82) is 0 Å². The van der Waals surface area contributed by atoms with Gasteiger partial charge in [0.2, 0.25) is 5.78 Å². The Labute approximate surface area is 151 Å². The monoisotopic (exact) mass is 345 g/mol. The lowest BCUT2D eigenvalue weighted by molar-refractivity contribution is 0.103. The number of carbonyl (C=O) groups is 1. The van der Waals surface area contributed by atoms with Crippen molar-refractivity contribution in [2.24, 2.45) is 0 Å². The van der Waals surface area contributed by atoms with Gasteiger partial charge in [-0.1, -0.05) is 60.7 Å². The van der Waals surface area contributed by atoms with E-state index in [0.29, 0.717) is 30.6 Å². The molecule has 0 atom stereocenters. The number of ketones is 1. The minimum absolute atomic E-state index is 0.0123. The number of halogens is 1. The maximum absolute atomic E-state index is 13.4. The van der Waals surface area contributed by atoms with Crippen LogP contribution >= 0.6 is 0 Å². The summed E-state index contributed by atoms with van der Waals surface area (Å²) in [5.74, 6) is 0.0123. The zero-order valence-electron chi connectivity index (χ0n) is 14.5. The van der Waals surface area contributed by atoms with Crippen molar-refractivity contribution in [3.05, 3.63) is 84.1 Å². The van der Waals surface area contributed by atoms with Gasteiger partial charge in [-0.15, -0.1) is 0 Å². The number of aromatic nitrogens is 1. The molecule has 0 saturated carbocycles. The maximum atomic E-state index is 13.4. The molecule has 0 spiro atoms. The van der Waals surface area contributed by atoms with E-state index in [1.165, 1.54) is 0 Å². The molecule has 0 N–H and O–H groups in total. The second kappa shape index (κ2) is 7.12. The average Bonchev–Trinajstić information content (AvgIpc) is 3.06. The van der Waals surface area contributed by atoms with E-state index in [9.17, 15) is 9.18 Å². The van der Waals surface area contributed by atoms with Crippen LogP contribution in [0.4, 0.5) is 4.39 Å². The van der Waals surface area contributed by atoms with Gasteiger partial charge in [-0.05, 0) is 35.7 Å². The molecule has 4 rings (SSSR count). The first-order valence-electron chi connectivity index (χ1n) is 8.96. The highest BCUT2D eigenvalue weighted by Gasteiger charge is 2.18. The van der Waals surface area contributed by atoms with E-state index >= 15 is 0 Å². The van der Waals surface area contributed by atoms with E-state index in [-0.39, 0.29) is 12.5 Å². The molecule has 0 aliphatic carbocycles. The molecule has 1 aromatic heterocycles. The summed E-state index contributed by atoms with van der Waals surface area (Å²) in [7, 11) is 0. The van der Waals surface area contributed by atoms with Crippen LogP contribution in [0.25, 0.3) is 21.7 Å². The van der Waals surface area contributed by atoms with Crippen molar-refractivity contribution in [2.75, 3.05) is 6.67 Å². The number of hydrogen-bond acceptors (Lipinski definition) is 1. The fourth-order valence-electron chi connectivity index (χ4n) is 3.57. The van der Waals surface area contributed by atoms with Crippen molar-refractivity contribution in [3.8, 4) is 0 Å². The minimum atomic E-state index is -0.328. The molecular formula is C23H20FNO. The van der Waals surface area contributed by atoms with Crippen LogP contribution in [0.15, 0.2) is 72.8 Å². The Balaban J connectivity index is 1.84. The molecular weight excluding hydrogens is 325 g/mol. The van der Waals surface area contributed by atoms with E-state index in [1.807, 2.05) is 77.4 Å². The third kappa shape index (κ3) is 2.90. The number of aryl methyl sites for hydroxylation is 1. The Morgan fingerprint density at radius 1 is 0.846 bits per heavy atom. The summed E-state index contributed by atoms with van der Waals surface area (Å²) in [6, 6.07) is 23.7. The van der Waals surface area contributed by atoms with Crippen molar-refractivity contribution in [1.82, 2.24) is 4.57 Å². The lowest BCUT2D eigenvalue weighted by Gasteiger charge is -2.11. The van der Waals surface area contributed by atoms with E-state index in [0.717, 1.165) is 21.7 Å². The molecule has 26 heavy (non-hydrogen) atoms. The first kappa shape index (κ1) is 16.5. The second-order valence-corrected chi connectivity index (χ2v) is 6.49. The minimum Gasteiger partial charge on any atom is -0.338 e. The molecule has 0 bridgehead atoms. The Hall–Kier alpha value is -2.94. The SMILES string of the molecule is O=C(c1cccc2ccccc12)c1cc2ccccc2n1CCCCF. The molecule has 0 unspecified atom stereocenters. The predicted octanol–water partition coefficient (Wildman–Crippen LogP) is 5.78. The summed E-state index contributed by atoms with van der Waals surface area (Å²) < 4.78 is 14.6. The molecule has 4 aromatic rings. The van der Waals surface area contributed by atoms with Crippen molar-refractivity contribution < 1.29 is 9.18 Å². The lowest BCUT2D eigenvalue weighted by atomic mass is 10.00. The molecule has 3 heteroatoms. The second-order valence-electron chi connectivity index (χ2n) is 6.49. The van der Waals surface area contributed by atoms with Crippen LogP contribution in [-0.4, -0.2) is 17.0 Å². The maximum Gasteiger partial charge on any atom is 0.210 e.